The first-order chi connectivity index (χ1) is 5.17. The van der Waals surface area contributed by atoms with Crippen molar-refractivity contribution in [1.29, 1.82) is 0 Å². The quantitative estimate of drug-likeness (QED) is 0.795. The van der Waals surface area contributed by atoms with Crippen molar-refractivity contribution in [1.82, 2.24) is 0 Å². The Morgan fingerprint density at radius 1 is 1.18 bits per heavy atom. The fourth-order valence-corrected chi connectivity index (χ4v) is 1.87. The number of hydrogen-bond donors (Lipinski definition) is 0. The standard InChI is InChI=1S/C6H6O3S.Ir/c7-10(8,9)6-4-2-1-3-5-6;/h1-5H,(H,7,8,9);/q;+1/p-1. The molecule has 0 N–H and O–H groups in total. The molecule has 0 fully saturated rings. The zero-order valence-corrected chi connectivity index (χ0v) is 8.56. The summed E-state index contributed by atoms with van der Waals surface area (Å²) in [6.45, 7) is 0. The molecule has 0 aromatic heterocycles. The molecule has 0 heterocycles. The van der Waals surface area contributed by atoms with Crippen molar-refractivity contribution in [2.45, 2.75) is 4.90 Å². The summed E-state index contributed by atoms with van der Waals surface area (Å²) in [5.74, 6) is 0. The third kappa shape index (κ3) is 2.10. The molecule has 0 unspecified atom stereocenters. The van der Waals surface area contributed by atoms with Crippen molar-refractivity contribution in [2.24, 2.45) is 0 Å². The van der Waals surface area contributed by atoms with E-state index < -0.39 is 10.1 Å². The number of hydrogen-bond acceptors (Lipinski definition) is 3. The minimum atomic E-state index is -3.50. The molecule has 0 saturated heterocycles. The fourth-order valence-electron chi connectivity index (χ4n) is 0.619. The molecular weight excluding hydrogens is 344 g/mol. The molecule has 11 heavy (non-hydrogen) atoms. The van der Waals surface area contributed by atoms with Gasteiger partial charge in [-0.15, -0.1) is 0 Å². The maximum absolute atomic E-state index is 11.0. The van der Waals surface area contributed by atoms with E-state index in [1.165, 1.54) is 12.1 Å². The van der Waals surface area contributed by atoms with Gasteiger partial charge in [0.2, 0.25) is 0 Å². The van der Waals surface area contributed by atoms with Crippen LogP contribution in [0.5, 0.6) is 0 Å². The fraction of sp³-hybridized carbons (Fsp3) is 0. The van der Waals surface area contributed by atoms with Crippen molar-refractivity contribution in [3.05, 3.63) is 30.3 Å². The Balaban J connectivity index is 3.14. The van der Waals surface area contributed by atoms with Crippen LogP contribution < -0.4 is 0 Å². The van der Waals surface area contributed by atoms with Gasteiger partial charge in [0.25, 0.3) is 0 Å². The Bertz CT molecular complexity index is 319. The molecule has 0 aliphatic heterocycles. The van der Waals surface area contributed by atoms with E-state index in [4.69, 9.17) is 0 Å². The molecule has 0 saturated carbocycles. The second kappa shape index (κ2) is 3.45. The molecule has 62 valence electrons. The molecule has 0 spiro atoms. The maximum atomic E-state index is 11.0. The molecule has 1 aromatic rings. The van der Waals surface area contributed by atoms with Crippen molar-refractivity contribution >= 4 is 10.1 Å². The van der Waals surface area contributed by atoms with E-state index in [2.05, 4.69) is 2.94 Å². The van der Waals surface area contributed by atoms with Crippen LogP contribution in [0.3, 0.4) is 0 Å². The second-order valence-corrected chi connectivity index (χ2v) is 4.51. The zero-order valence-electron chi connectivity index (χ0n) is 5.35. The predicted octanol–water partition coefficient (Wildman–Crippen LogP) is 0.854. The van der Waals surface area contributed by atoms with Gasteiger partial charge < -0.3 is 0 Å². The van der Waals surface area contributed by atoms with Gasteiger partial charge in [-0.1, -0.05) is 0 Å². The molecular formula is C6H5IrO3S. The Morgan fingerprint density at radius 3 is 2.18 bits per heavy atom. The molecule has 3 nitrogen and oxygen atoms in total. The zero-order chi connectivity index (χ0) is 8.32. The van der Waals surface area contributed by atoms with Gasteiger partial charge >= 0.3 is 76.0 Å². The summed E-state index contributed by atoms with van der Waals surface area (Å²) in [7, 11) is -3.50. The topological polar surface area (TPSA) is 43.4 Å². The summed E-state index contributed by atoms with van der Waals surface area (Å²) in [5.41, 5.74) is 0. The molecule has 1 aromatic carbocycles. The average Bonchev–Trinajstić information content (AvgIpc) is 2.06. The Morgan fingerprint density at radius 2 is 1.73 bits per heavy atom. The Kier molecular flexibility index (Phi) is 2.78. The van der Waals surface area contributed by atoms with Crippen LogP contribution in [0, 0.1) is 0 Å². The van der Waals surface area contributed by atoms with Crippen molar-refractivity contribution in [2.75, 3.05) is 0 Å². The normalized spacial score (nSPS) is 11.5. The van der Waals surface area contributed by atoms with Crippen LogP contribution in [0.2, 0.25) is 0 Å². The monoisotopic (exact) mass is 350 g/mol. The predicted molar refractivity (Wildman–Crippen MR) is 34.7 cm³/mol. The van der Waals surface area contributed by atoms with E-state index in [0.29, 0.717) is 0 Å². The van der Waals surface area contributed by atoms with Gasteiger partial charge in [0.15, 0.2) is 0 Å². The summed E-state index contributed by atoms with van der Waals surface area (Å²) in [6, 6.07) is 8.00. The first-order valence-electron chi connectivity index (χ1n) is 2.75. The number of rotatable bonds is 2. The third-order valence-electron chi connectivity index (χ3n) is 1.11. The second-order valence-electron chi connectivity index (χ2n) is 1.82. The van der Waals surface area contributed by atoms with Crippen molar-refractivity contribution in [3.63, 3.8) is 0 Å². The van der Waals surface area contributed by atoms with E-state index >= 15 is 0 Å². The van der Waals surface area contributed by atoms with Crippen LogP contribution in [0.15, 0.2) is 35.2 Å². The van der Waals surface area contributed by atoms with Crippen LogP contribution in [-0.4, -0.2) is 8.42 Å². The molecule has 0 bridgehead atoms. The van der Waals surface area contributed by atoms with Crippen LogP contribution in [0.25, 0.3) is 0 Å². The van der Waals surface area contributed by atoms with Gasteiger partial charge in [0, 0.05) is 0 Å². The van der Waals surface area contributed by atoms with Crippen LogP contribution in [0.1, 0.15) is 0 Å². The van der Waals surface area contributed by atoms with E-state index in [1.54, 1.807) is 18.2 Å². The van der Waals surface area contributed by atoms with Crippen LogP contribution in [-0.2, 0) is 32.3 Å². The van der Waals surface area contributed by atoms with E-state index in [9.17, 15) is 8.42 Å². The summed E-state index contributed by atoms with van der Waals surface area (Å²) in [5, 5.41) is 0. The Labute approximate surface area is 76.1 Å². The van der Waals surface area contributed by atoms with Crippen molar-refractivity contribution in [3.8, 4) is 0 Å². The summed E-state index contributed by atoms with van der Waals surface area (Å²) >= 11 is 1.14. The summed E-state index contributed by atoms with van der Waals surface area (Å²) < 4.78 is 26.3. The first kappa shape index (κ1) is 8.87. The summed E-state index contributed by atoms with van der Waals surface area (Å²) in [4.78, 5) is 0.183. The van der Waals surface area contributed by atoms with Gasteiger partial charge in [0.1, 0.15) is 0 Å². The van der Waals surface area contributed by atoms with Gasteiger partial charge in [-0.25, -0.2) is 0 Å². The van der Waals surface area contributed by atoms with E-state index in [0.717, 1.165) is 19.3 Å². The molecule has 0 aliphatic rings. The molecule has 1 rings (SSSR count). The van der Waals surface area contributed by atoms with Crippen molar-refractivity contribution < 1.29 is 30.6 Å². The molecule has 0 radical (unpaired) electrons. The molecule has 0 aliphatic carbocycles. The molecule has 5 heteroatoms. The van der Waals surface area contributed by atoms with Gasteiger partial charge in [-0.05, 0) is 0 Å². The summed E-state index contributed by atoms with van der Waals surface area (Å²) in [6.07, 6.45) is 0. The Hall–Kier alpha value is -0.221. The minimum absolute atomic E-state index is 0.183. The van der Waals surface area contributed by atoms with Crippen LogP contribution >= 0.6 is 0 Å². The molecule has 0 atom stereocenters. The van der Waals surface area contributed by atoms with Gasteiger partial charge in [-0.3, -0.25) is 0 Å². The van der Waals surface area contributed by atoms with Gasteiger partial charge in [0.05, 0.1) is 0 Å². The molecule has 0 amide bonds. The van der Waals surface area contributed by atoms with E-state index in [1.807, 2.05) is 0 Å². The third-order valence-corrected chi connectivity index (χ3v) is 3.68. The number of benzene rings is 1. The van der Waals surface area contributed by atoms with Gasteiger partial charge in [-0.2, -0.15) is 0 Å². The van der Waals surface area contributed by atoms with E-state index in [-0.39, 0.29) is 4.90 Å². The van der Waals surface area contributed by atoms with Crippen LogP contribution in [0.4, 0.5) is 0 Å². The SMILES string of the molecule is O=S(=O)([O][Ir])c1ccccc1. The first-order valence-corrected chi connectivity index (χ1v) is 5.14. The average molecular weight is 349 g/mol.